The van der Waals surface area contributed by atoms with Crippen LogP contribution >= 0.6 is 0 Å². The largest absolute Gasteiger partial charge is 0.256 e. The fraction of sp³-hybridized carbons (Fsp3) is 0.121. The third-order valence-corrected chi connectivity index (χ3v) is 12.7. The van der Waals surface area contributed by atoms with E-state index in [1.165, 1.54) is 5.57 Å². The second-order valence-corrected chi connectivity index (χ2v) is 17.2. The highest BCUT2D eigenvalue weighted by Gasteiger charge is 2.22. The highest BCUT2D eigenvalue weighted by Crippen LogP contribution is 2.39. The molecule has 6 heterocycles. The van der Waals surface area contributed by atoms with Gasteiger partial charge in [0.25, 0.3) is 0 Å². The van der Waals surface area contributed by atoms with E-state index >= 15 is 0 Å². The first-order chi connectivity index (χ1) is 36.2. The molecule has 0 saturated carbocycles. The van der Waals surface area contributed by atoms with Gasteiger partial charge in [0.1, 0.15) is 11.0 Å². The minimum atomic E-state index is 0.692. The van der Waals surface area contributed by atoms with E-state index in [9.17, 15) is 0 Å². The SMILES string of the molecule is C=C/C=C\C=C(/C)c1ccc(-c2ccccn2)c2nc3c(C)c(C)c4nc5c(-c6ccccn6)ccc(-c6ccccn6)c5nc4c3nc12.C=c1c(C(/C=C\C=C/C)=C\CC)ccc(-c2ccccn2)c1=C.CC. The molecule has 0 radical (unpaired) electrons. The van der Waals surface area contributed by atoms with Crippen molar-refractivity contribution >= 4 is 68.4 Å². The first-order valence-electron chi connectivity index (χ1n) is 25.0. The standard InChI is InChI=1S/C42H31N7.C22H23N.C2H6/c1-5-6-7-14-25(2)28-18-19-29(32-15-8-11-22-43-32)38-37(28)48-41-35(46-38)26(3)27(4)36-42(41)49-40-31(34-17-10-13-24-45-34)21-20-30(39(40)47-36)33-16-9-12-23-44-33;1-5-7-8-12-19(11-6-2)20-14-15-21(18(4)17(20)3)22-13-9-10-16-23-22;1-2/h5-24H,1H2,2-4H3;5,7-16H,3-4,6H2,1-2H3;1-2H3/b7-6-,25-14+;7-5-,12-8-,19-11-;. The molecule has 0 bridgehead atoms. The number of pyridine rings is 4. The van der Waals surface area contributed by atoms with Gasteiger partial charge < -0.3 is 0 Å². The van der Waals surface area contributed by atoms with Gasteiger partial charge in [0.2, 0.25) is 0 Å². The van der Waals surface area contributed by atoms with E-state index < -0.39 is 0 Å². The summed E-state index contributed by atoms with van der Waals surface area (Å²) in [4.78, 5) is 40.0. The van der Waals surface area contributed by atoms with Crippen LogP contribution in [0.15, 0.2) is 195 Å². The molecule has 0 spiro atoms. The van der Waals surface area contributed by atoms with E-state index in [0.717, 1.165) is 123 Å². The molecule has 0 aliphatic carbocycles. The van der Waals surface area contributed by atoms with Crippen LogP contribution in [0.5, 0.6) is 0 Å². The Kier molecular flexibility index (Phi) is 16.5. The summed E-state index contributed by atoms with van der Waals surface area (Å²) in [6.45, 7) is 26.7. The van der Waals surface area contributed by atoms with Crippen LogP contribution < -0.4 is 10.4 Å². The minimum Gasteiger partial charge on any atom is -0.256 e. The van der Waals surface area contributed by atoms with Gasteiger partial charge in [-0.3, -0.25) is 19.9 Å². The molecule has 0 saturated heterocycles. The topological polar surface area (TPSA) is 103 Å². The van der Waals surface area contributed by atoms with Gasteiger partial charge in [-0.05, 0) is 139 Å². The van der Waals surface area contributed by atoms with Crippen LogP contribution in [0.4, 0.5) is 0 Å². The molecule has 0 N–H and O–H groups in total. The van der Waals surface area contributed by atoms with Crippen molar-refractivity contribution < 1.29 is 0 Å². The van der Waals surface area contributed by atoms with Crippen LogP contribution in [-0.4, -0.2) is 39.9 Å². The zero-order chi connectivity index (χ0) is 52.1. The van der Waals surface area contributed by atoms with Crippen LogP contribution in [-0.2, 0) is 0 Å². The zero-order valence-corrected chi connectivity index (χ0v) is 43.3. The number of fused-ring (bicyclic) bond motifs is 5. The number of allylic oxidation sites excluding steroid dienone is 11. The highest BCUT2D eigenvalue weighted by molar-refractivity contribution is 6.12. The van der Waals surface area contributed by atoms with E-state index in [2.05, 4.69) is 128 Å². The molecule has 8 nitrogen and oxygen atoms in total. The Morgan fingerprint density at radius 3 is 1.36 bits per heavy atom. The van der Waals surface area contributed by atoms with Crippen LogP contribution in [0.25, 0.3) is 113 Å². The summed E-state index contributed by atoms with van der Waals surface area (Å²) >= 11 is 0. The Morgan fingerprint density at radius 1 is 0.473 bits per heavy atom. The lowest BCUT2D eigenvalue weighted by Crippen LogP contribution is -2.27. The molecule has 10 rings (SSSR count). The van der Waals surface area contributed by atoms with Crippen molar-refractivity contribution in [3.8, 4) is 45.0 Å². The Morgan fingerprint density at radius 2 is 0.905 bits per heavy atom. The number of aromatic nitrogens is 8. The van der Waals surface area contributed by atoms with Gasteiger partial charge in [-0.1, -0.05) is 138 Å². The summed E-state index contributed by atoms with van der Waals surface area (Å²) in [6.07, 6.45) is 26.3. The zero-order valence-electron chi connectivity index (χ0n) is 43.3. The second kappa shape index (κ2) is 23.8. The fourth-order valence-corrected chi connectivity index (χ4v) is 8.84. The normalized spacial score (nSPS) is 11.9. The molecular weight excluding hydrogens is 905 g/mol. The molecule has 0 amide bonds. The van der Waals surface area contributed by atoms with Gasteiger partial charge in [-0.15, -0.1) is 0 Å². The predicted molar refractivity (Wildman–Crippen MR) is 313 cm³/mol. The first-order valence-corrected chi connectivity index (χ1v) is 25.0. The molecule has 0 aliphatic rings. The van der Waals surface area contributed by atoms with E-state index in [1.54, 1.807) is 30.9 Å². The van der Waals surface area contributed by atoms with Crippen molar-refractivity contribution in [3.05, 3.63) is 228 Å². The van der Waals surface area contributed by atoms with E-state index in [0.29, 0.717) is 11.0 Å². The monoisotopic (exact) mass is 964 g/mol. The van der Waals surface area contributed by atoms with Crippen LogP contribution in [0, 0.1) is 13.8 Å². The fourth-order valence-electron chi connectivity index (χ4n) is 8.84. The van der Waals surface area contributed by atoms with Gasteiger partial charge >= 0.3 is 0 Å². The lowest BCUT2D eigenvalue weighted by Gasteiger charge is -2.16. The molecular formula is C66H60N8. The first kappa shape index (κ1) is 51.2. The molecule has 0 aliphatic heterocycles. The van der Waals surface area contributed by atoms with Crippen molar-refractivity contribution in [2.45, 2.75) is 54.9 Å². The molecule has 10 aromatic rings. The third-order valence-electron chi connectivity index (χ3n) is 12.7. The molecule has 6 aromatic heterocycles. The number of hydrogen-bond donors (Lipinski definition) is 0. The van der Waals surface area contributed by atoms with E-state index in [4.69, 9.17) is 19.9 Å². The summed E-state index contributed by atoms with van der Waals surface area (Å²) in [7, 11) is 0. The van der Waals surface area contributed by atoms with Crippen LogP contribution in [0.2, 0.25) is 0 Å². The average Bonchev–Trinajstić information content (AvgIpc) is 3.45. The molecule has 0 unspecified atom stereocenters. The van der Waals surface area contributed by atoms with Crippen molar-refractivity contribution in [3.63, 3.8) is 0 Å². The Balaban J connectivity index is 0.000000245. The second-order valence-electron chi connectivity index (χ2n) is 17.2. The lowest BCUT2D eigenvalue weighted by atomic mass is 9.97. The summed E-state index contributed by atoms with van der Waals surface area (Å²) < 4.78 is 0. The number of benzene rings is 4. The molecule has 364 valence electrons. The van der Waals surface area contributed by atoms with Gasteiger partial charge in [0.05, 0.1) is 55.9 Å². The summed E-state index contributed by atoms with van der Waals surface area (Å²) in [5.74, 6) is 0. The predicted octanol–water partition coefficient (Wildman–Crippen LogP) is 15.3. The lowest BCUT2D eigenvalue weighted by molar-refractivity contribution is 1.22. The van der Waals surface area contributed by atoms with Crippen LogP contribution in [0.1, 0.15) is 63.3 Å². The molecule has 4 aromatic carbocycles. The molecule has 0 atom stereocenters. The van der Waals surface area contributed by atoms with Gasteiger partial charge in [-0.25, -0.2) is 19.9 Å². The van der Waals surface area contributed by atoms with Crippen molar-refractivity contribution in [2.24, 2.45) is 0 Å². The smallest absolute Gasteiger partial charge is 0.118 e. The van der Waals surface area contributed by atoms with E-state index in [-0.39, 0.29) is 0 Å². The maximum Gasteiger partial charge on any atom is 0.118 e. The highest BCUT2D eigenvalue weighted by atomic mass is 14.9. The Hall–Kier alpha value is -9.14. The van der Waals surface area contributed by atoms with Crippen molar-refractivity contribution in [1.29, 1.82) is 0 Å². The number of hydrogen-bond acceptors (Lipinski definition) is 8. The summed E-state index contributed by atoms with van der Waals surface area (Å²) in [5, 5.41) is 1.89. The van der Waals surface area contributed by atoms with Gasteiger partial charge in [0.15, 0.2) is 0 Å². The number of nitrogens with zero attached hydrogens (tertiary/aromatic N) is 8. The van der Waals surface area contributed by atoms with Crippen LogP contribution in [0.3, 0.4) is 0 Å². The van der Waals surface area contributed by atoms with E-state index in [1.807, 2.05) is 118 Å². The van der Waals surface area contributed by atoms with Crippen molar-refractivity contribution in [2.75, 3.05) is 0 Å². The molecule has 0 fully saturated rings. The Bertz CT molecular complexity index is 3920. The third kappa shape index (κ3) is 10.6. The average molecular weight is 965 g/mol. The molecule has 74 heavy (non-hydrogen) atoms. The van der Waals surface area contributed by atoms with Crippen molar-refractivity contribution in [1.82, 2.24) is 39.9 Å². The number of rotatable bonds is 11. The van der Waals surface area contributed by atoms with Gasteiger partial charge in [0, 0.05) is 52.6 Å². The Labute approximate surface area is 434 Å². The summed E-state index contributed by atoms with van der Waals surface area (Å²) in [6, 6.07) is 36.1. The molecule has 8 heteroatoms. The number of aryl methyl sites for hydroxylation is 2. The maximum atomic E-state index is 5.43. The quantitative estimate of drug-likeness (QED) is 0.0717. The maximum absolute atomic E-state index is 5.43. The van der Waals surface area contributed by atoms with Gasteiger partial charge in [-0.2, -0.15) is 0 Å². The minimum absolute atomic E-state index is 0.692. The summed E-state index contributed by atoms with van der Waals surface area (Å²) in [5.41, 5.74) is 19.5.